The van der Waals surface area contributed by atoms with Gasteiger partial charge in [0.05, 0.1) is 11.6 Å². The maximum Gasteiger partial charge on any atom is 0.315 e. The van der Waals surface area contributed by atoms with E-state index < -0.39 is 29.4 Å². The number of hydrogen-bond donors (Lipinski definition) is 3. The van der Waals surface area contributed by atoms with Crippen LogP contribution >= 0.6 is 0 Å². The number of aliphatic hydroxyl groups is 1. The number of amides is 2. The number of benzene rings is 1. The van der Waals surface area contributed by atoms with Crippen molar-refractivity contribution in [2.45, 2.75) is 49.9 Å². The molecule has 1 aliphatic carbocycles. The van der Waals surface area contributed by atoms with Gasteiger partial charge < -0.3 is 20.5 Å². The van der Waals surface area contributed by atoms with E-state index >= 15 is 0 Å². The fraction of sp³-hybridized carbons (Fsp3) is 0.588. The molecule has 1 aliphatic heterocycles. The van der Waals surface area contributed by atoms with Gasteiger partial charge in [-0.05, 0) is 37.0 Å². The van der Waals surface area contributed by atoms with E-state index in [-0.39, 0.29) is 12.6 Å². The van der Waals surface area contributed by atoms with Crippen molar-refractivity contribution >= 4 is 6.03 Å². The van der Waals surface area contributed by atoms with Gasteiger partial charge in [0.25, 0.3) is 0 Å². The molecule has 0 spiro atoms. The van der Waals surface area contributed by atoms with Crippen LogP contribution in [0.1, 0.15) is 43.8 Å². The van der Waals surface area contributed by atoms with Crippen LogP contribution in [0, 0.1) is 11.6 Å². The third kappa shape index (κ3) is 3.84. The van der Waals surface area contributed by atoms with Gasteiger partial charge in [0.15, 0.2) is 11.6 Å². The number of carbonyl (C=O) groups is 1. The summed E-state index contributed by atoms with van der Waals surface area (Å²) in [5.74, 6) is -1.85. The van der Waals surface area contributed by atoms with E-state index in [4.69, 9.17) is 4.74 Å². The Balaban J connectivity index is 1.57. The number of hydrogen-bond acceptors (Lipinski definition) is 3. The highest BCUT2D eigenvalue weighted by molar-refractivity contribution is 5.74. The number of ether oxygens (including phenoxy) is 1. The quantitative estimate of drug-likeness (QED) is 0.788. The van der Waals surface area contributed by atoms with Gasteiger partial charge in [0, 0.05) is 13.2 Å². The highest BCUT2D eigenvalue weighted by Crippen LogP contribution is 2.30. The van der Waals surface area contributed by atoms with Crippen molar-refractivity contribution in [1.82, 2.24) is 10.6 Å². The minimum atomic E-state index is -0.936. The normalized spacial score (nSPS) is 25.6. The van der Waals surface area contributed by atoms with E-state index in [0.29, 0.717) is 31.4 Å². The van der Waals surface area contributed by atoms with Crippen LogP contribution in [0.15, 0.2) is 18.2 Å². The summed E-state index contributed by atoms with van der Waals surface area (Å²) in [7, 11) is 0. The Kier molecular flexibility index (Phi) is 5.01. The lowest BCUT2D eigenvalue weighted by Gasteiger charge is -2.24. The van der Waals surface area contributed by atoms with E-state index in [2.05, 4.69) is 10.6 Å². The zero-order valence-corrected chi connectivity index (χ0v) is 13.4. The summed E-state index contributed by atoms with van der Waals surface area (Å²) in [5.41, 5.74) is -0.325. The molecule has 1 aromatic rings. The third-order valence-corrected chi connectivity index (χ3v) is 4.79. The van der Waals surface area contributed by atoms with Crippen molar-refractivity contribution in [3.63, 3.8) is 0 Å². The molecule has 0 unspecified atom stereocenters. The molecular formula is C17H22F2N2O3. The smallest absolute Gasteiger partial charge is 0.315 e. The van der Waals surface area contributed by atoms with Gasteiger partial charge in [0.1, 0.15) is 6.10 Å². The van der Waals surface area contributed by atoms with Gasteiger partial charge >= 0.3 is 6.03 Å². The SMILES string of the molecule is O=C(NCC1(O)CCCC1)N[C@H]1CCO[C@H]1c1ccc(F)c(F)c1. The zero-order chi connectivity index (χ0) is 17.2. The van der Waals surface area contributed by atoms with Gasteiger partial charge in [0.2, 0.25) is 0 Å². The van der Waals surface area contributed by atoms with Crippen LogP contribution in [0.2, 0.25) is 0 Å². The first-order chi connectivity index (χ1) is 11.5. The van der Waals surface area contributed by atoms with E-state index in [1.54, 1.807) is 0 Å². The second-order valence-electron chi connectivity index (χ2n) is 6.62. The molecular weight excluding hydrogens is 318 g/mol. The lowest BCUT2D eigenvalue weighted by atomic mass is 10.0. The molecule has 3 N–H and O–H groups in total. The standard InChI is InChI=1S/C17H22F2N2O3/c18-12-4-3-11(9-13(12)19)15-14(5-8-24-15)21-16(22)20-10-17(23)6-1-2-7-17/h3-4,9,14-15,23H,1-2,5-8,10H2,(H2,20,21,22)/t14-,15-/m0/s1. The van der Waals surface area contributed by atoms with Crippen LogP contribution in [0.5, 0.6) is 0 Å². The van der Waals surface area contributed by atoms with Crippen molar-refractivity contribution in [3.8, 4) is 0 Å². The van der Waals surface area contributed by atoms with Crippen LogP contribution in [0.25, 0.3) is 0 Å². The summed E-state index contributed by atoms with van der Waals surface area (Å²) in [6.07, 6.45) is 3.39. The average molecular weight is 340 g/mol. The summed E-state index contributed by atoms with van der Waals surface area (Å²) in [6.45, 7) is 0.640. The Morgan fingerprint density at radius 2 is 2.04 bits per heavy atom. The van der Waals surface area contributed by atoms with Crippen molar-refractivity contribution in [2.75, 3.05) is 13.2 Å². The van der Waals surface area contributed by atoms with E-state index in [9.17, 15) is 18.7 Å². The summed E-state index contributed by atoms with van der Waals surface area (Å²) in [5, 5.41) is 15.7. The van der Waals surface area contributed by atoms with Crippen LogP contribution in [-0.2, 0) is 4.74 Å². The largest absolute Gasteiger partial charge is 0.388 e. The summed E-state index contributed by atoms with van der Waals surface area (Å²) in [6, 6.07) is 2.90. The molecule has 24 heavy (non-hydrogen) atoms. The summed E-state index contributed by atoms with van der Waals surface area (Å²) >= 11 is 0. The Labute approximate surface area is 139 Å². The maximum absolute atomic E-state index is 13.4. The summed E-state index contributed by atoms with van der Waals surface area (Å²) < 4.78 is 32.0. The minimum absolute atomic E-state index is 0.211. The molecule has 1 saturated heterocycles. The van der Waals surface area contributed by atoms with E-state index in [1.165, 1.54) is 6.07 Å². The molecule has 1 heterocycles. The Bertz CT molecular complexity index is 605. The van der Waals surface area contributed by atoms with Crippen molar-refractivity contribution in [1.29, 1.82) is 0 Å². The molecule has 2 atom stereocenters. The maximum atomic E-state index is 13.4. The molecule has 0 bridgehead atoms. The fourth-order valence-corrected chi connectivity index (χ4v) is 3.43. The summed E-state index contributed by atoms with van der Waals surface area (Å²) in [4.78, 5) is 12.1. The topological polar surface area (TPSA) is 70.6 Å². The molecule has 0 radical (unpaired) electrons. The van der Waals surface area contributed by atoms with Gasteiger partial charge in [-0.2, -0.15) is 0 Å². The van der Waals surface area contributed by atoms with Gasteiger partial charge in [-0.25, -0.2) is 13.6 Å². The molecule has 7 heteroatoms. The van der Waals surface area contributed by atoms with Crippen molar-refractivity contribution in [3.05, 3.63) is 35.4 Å². The first kappa shape index (κ1) is 17.1. The molecule has 1 saturated carbocycles. The minimum Gasteiger partial charge on any atom is -0.388 e. The fourth-order valence-electron chi connectivity index (χ4n) is 3.43. The first-order valence-electron chi connectivity index (χ1n) is 8.30. The second-order valence-corrected chi connectivity index (χ2v) is 6.62. The monoisotopic (exact) mass is 340 g/mol. The molecule has 3 rings (SSSR count). The molecule has 2 aliphatic rings. The number of rotatable bonds is 4. The van der Waals surface area contributed by atoms with Gasteiger partial charge in [-0.3, -0.25) is 0 Å². The highest BCUT2D eigenvalue weighted by Gasteiger charge is 2.34. The molecule has 2 fully saturated rings. The Hall–Kier alpha value is -1.73. The molecule has 0 aromatic heterocycles. The van der Waals surface area contributed by atoms with Crippen molar-refractivity contribution in [2.24, 2.45) is 0 Å². The molecule has 1 aromatic carbocycles. The number of carbonyl (C=O) groups excluding carboxylic acids is 1. The molecule has 5 nitrogen and oxygen atoms in total. The number of halogens is 2. The third-order valence-electron chi connectivity index (χ3n) is 4.79. The predicted molar refractivity (Wildman–Crippen MR) is 83.4 cm³/mol. The second kappa shape index (κ2) is 7.03. The van der Waals surface area contributed by atoms with Gasteiger partial charge in [-0.15, -0.1) is 0 Å². The number of nitrogens with one attached hydrogen (secondary N) is 2. The predicted octanol–water partition coefficient (Wildman–Crippen LogP) is 2.40. The zero-order valence-electron chi connectivity index (χ0n) is 13.4. The Morgan fingerprint density at radius 1 is 1.29 bits per heavy atom. The van der Waals surface area contributed by atoms with E-state index in [1.807, 2.05) is 0 Å². The van der Waals surface area contributed by atoms with Crippen molar-refractivity contribution < 1.29 is 23.4 Å². The van der Waals surface area contributed by atoms with Crippen LogP contribution in [0.4, 0.5) is 13.6 Å². The lowest BCUT2D eigenvalue weighted by Crippen LogP contribution is -2.48. The van der Waals surface area contributed by atoms with E-state index in [0.717, 1.165) is 25.0 Å². The highest BCUT2D eigenvalue weighted by atomic mass is 19.2. The molecule has 132 valence electrons. The van der Waals surface area contributed by atoms with Crippen LogP contribution in [-0.4, -0.2) is 35.9 Å². The van der Waals surface area contributed by atoms with Gasteiger partial charge in [-0.1, -0.05) is 18.9 Å². The average Bonchev–Trinajstić information content (AvgIpc) is 3.18. The lowest BCUT2D eigenvalue weighted by molar-refractivity contribution is 0.0497. The first-order valence-corrected chi connectivity index (χ1v) is 8.30. The number of urea groups is 1. The molecule has 2 amide bonds. The van der Waals surface area contributed by atoms with Crippen LogP contribution in [0.3, 0.4) is 0 Å². The van der Waals surface area contributed by atoms with Crippen LogP contribution < -0.4 is 10.6 Å². The Morgan fingerprint density at radius 3 is 2.75 bits per heavy atom.